The fourth-order valence-corrected chi connectivity index (χ4v) is 0.861. The topological polar surface area (TPSA) is 112 Å². The summed E-state index contributed by atoms with van der Waals surface area (Å²) in [6, 6.07) is 0. The standard InChI is InChI=1S/3C3H6O2S.C2H6/c3*4-3(5)1-2-6;1-2/h3*6H,1-2H2,(H,4,5);1-2H3. The highest BCUT2D eigenvalue weighted by molar-refractivity contribution is 7.80. The molecule has 0 bridgehead atoms. The van der Waals surface area contributed by atoms with Crippen molar-refractivity contribution >= 4 is 55.8 Å². The number of hydrogen-bond acceptors (Lipinski definition) is 6. The van der Waals surface area contributed by atoms with Crippen molar-refractivity contribution in [2.45, 2.75) is 33.1 Å². The van der Waals surface area contributed by atoms with E-state index in [1.54, 1.807) is 0 Å². The van der Waals surface area contributed by atoms with Gasteiger partial charge in [-0.2, -0.15) is 37.9 Å². The van der Waals surface area contributed by atoms with Crippen molar-refractivity contribution in [2.24, 2.45) is 0 Å². The molecular weight excluding hydrogens is 324 g/mol. The second-order valence-corrected chi connectivity index (χ2v) is 3.94. The van der Waals surface area contributed by atoms with Gasteiger partial charge in [0.15, 0.2) is 0 Å². The number of carbonyl (C=O) groups is 3. The van der Waals surface area contributed by atoms with Crippen LogP contribution in [0.15, 0.2) is 0 Å². The lowest BCUT2D eigenvalue weighted by Crippen LogP contribution is -1.93. The first-order valence-corrected chi connectivity index (χ1v) is 7.69. The van der Waals surface area contributed by atoms with Crippen LogP contribution in [0.4, 0.5) is 0 Å². The first kappa shape index (κ1) is 27.7. The zero-order valence-electron chi connectivity index (χ0n) is 11.7. The number of aliphatic carboxylic acids is 3. The third kappa shape index (κ3) is 66.1. The van der Waals surface area contributed by atoms with Crippen molar-refractivity contribution in [3.05, 3.63) is 0 Å². The lowest BCUT2D eigenvalue weighted by Gasteiger charge is -1.79. The zero-order chi connectivity index (χ0) is 17.0. The Morgan fingerprint density at radius 1 is 0.650 bits per heavy atom. The minimum absolute atomic E-state index is 0.156. The van der Waals surface area contributed by atoms with E-state index in [0.29, 0.717) is 17.3 Å². The number of carboxylic acids is 3. The van der Waals surface area contributed by atoms with Crippen molar-refractivity contribution in [3.63, 3.8) is 0 Å². The van der Waals surface area contributed by atoms with Gasteiger partial charge in [-0.25, -0.2) is 0 Å². The molecule has 20 heavy (non-hydrogen) atoms. The molecule has 6 nitrogen and oxygen atoms in total. The summed E-state index contributed by atoms with van der Waals surface area (Å²) in [6.45, 7) is 4.00. The van der Waals surface area contributed by atoms with E-state index in [0.717, 1.165) is 0 Å². The summed E-state index contributed by atoms with van der Waals surface area (Å²) in [6.07, 6.45) is 0.468. The molecule has 0 fully saturated rings. The second kappa shape index (κ2) is 26.9. The molecule has 0 amide bonds. The van der Waals surface area contributed by atoms with Crippen LogP contribution in [0.1, 0.15) is 33.1 Å². The molecule has 0 aromatic rings. The summed E-state index contributed by atoms with van der Waals surface area (Å²) in [4.78, 5) is 28.7. The third-order valence-corrected chi connectivity index (χ3v) is 1.65. The van der Waals surface area contributed by atoms with Crippen LogP contribution in [0.25, 0.3) is 0 Å². The molecule has 0 radical (unpaired) electrons. The molecule has 0 aromatic heterocycles. The molecule has 0 saturated heterocycles. The Morgan fingerprint density at radius 3 is 0.800 bits per heavy atom. The number of hydrogen-bond donors (Lipinski definition) is 6. The summed E-state index contributed by atoms with van der Waals surface area (Å²) in [5.74, 6) is -1.08. The normalized spacial score (nSPS) is 7.65. The van der Waals surface area contributed by atoms with E-state index in [1.807, 2.05) is 13.8 Å². The molecule has 0 heterocycles. The van der Waals surface area contributed by atoms with Gasteiger partial charge >= 0.3 is 17.9 Å². The van der Waals surface area contributed by atoms with Crippen LogP contribution >= 0.6 is 37.9 Å². The minimum Gasteiger partial charge on any atom is -0.481 e. The summed E-state index contributed by atoms with van der Waals surface area (Å²) < 4.78 is 0. The zero-order valence-corrected chi connectivity index (χ0v) is 14.3. The fourth-order valence-electron chi connectivity index (χ4n) is 0.287. The van der Waals surface area contributed by atoms with E-state index in [-0.39, 0.29) is 19.3 Å². The Morgan fingerprint density at radius 2 is 0.800 bits per heavy atom. The van der Waals surface area contributed by atoms with Crippen LogP contribution in [0, 0.1) is 0 Å². The van der Waals surface area contributed by atoms with Gasteiger partial charge in [-0.15, -0.1) is 0 Å². The van der Waals surface area contributed by atoms with Gasteiger partial charge in [-0.1, -0.05) is 13.8 Å². The third-order valence-electron chi connectivity index (χ3n) is 0.977. The molecule has 3 N–H and O–H groups in total. The maximum absolute atomic E-state index is 9.55. The molecule has 0 rings (SSSR count). The quantitative estimate of drug-likeness (QED) is 0.410. The highest BCUT2D eigenvalue weighted by Crippen LogP contribution is 1.80. The van der Waals surface area contributed by atoms with Gasteiger partial charge < -0.3 is 15.3 Å². The Kier molecular flexibility index (Phi) is 37.3. The Labute approximate surface area is 136 Å². The second-order valence-electron chi connectivity index (χ2n) is 2.60. The van der Waals surface area contributed by atoms with Crippen LogP contribution in [0.3, 0.4) is 0 Å². The maximum atomic E-state index is 9.55. The van der Waals surface area contributed by atoms with E-state index in [1.165, 1.54) is 0 Å². The Bertz CT molecular complexity index is 198. The van der Waals surface area contributed by atoms with Crippen LogP contribution < -0.4 is 0 Å². The molecule has 0 aliphatic heterocycles. The predicted molar refractivity (Wildman–Crippen MR) is 89.7 cm³/mol. The van der Waals surface area contributed by atoms with E-state index in [4.69, 9.17) is 15.3 Å². The molecular formula is C11H24O6S3. The van der Waals surface area contributed by atoms with Crippen LogP contribution in [-0.4, -0.2) is 50.5 Å². The molecule has 122 valence electrons. The van der Waals surface area contributed by atoms with Crippen molar-refractivity contribution in [1.82, 2.24) is 0 Å². The van der Waals surface area contributed by atoms with E-state index in [9.17, 15) is 14.4 Å². The number of thiol groups is 3. The highest BCUT2D eigenvalue weighted by atomic mass is 32.1. The lowest BCUT2D eigenvalue weighted by atomic mass is 10.5. The van der Waals surface area contributed by atoms with Gasteiger partial charge in [0.05, 0.1) is 19.3 Å². The van der Waals surface area contributed by atoms with Crippen molar-refractivity contribution in [1.29, 1.82) is 0 Å². The average Bonchev–Trinajstić information content (AvgIpc) is 2.32. The van der Waals surface area contributed by atoms with E-state index in [2.05, 4.69) is 37.9 Å². The highest BCUT2D eigenvalue weighted by Gasteiger charge is 1.89. The smallest absolute Gasteiger partial charge is 0.304 e. The minimum atomic E-state index is -0.787. The summed E-state index contributed by atoms with van der Waals surface area (Å²) in [5, 5.41) is 23.6. The molecule has 0 atom stereocenters. The molecule has 0 saturated carbocycles. The van der Waals surface area contributed by atoms with Crippen molar-refractivity contribution in [2.75, 3.05) is 17.3 Å². The van der Waals surface area contributed by atoms with Crippen LogP contribution in [-0.2, 0) is 14.4 Å². The first-order valence-electron chi connectivity index (χ1n) is 5.79. The monoisotopic (exact) mass is 348 g/mol. The summed E-state index contributed by atoms with van der Waals surface area (Å²) >= 11 is 11.0. The largest absolute Gasteiger partial charge is 0.481 e. The Hall–Kier alpha value is -0.540. The van der Waals surface area contributed by atoms with Gasteiger partial charge in [0.25, 0.3) is 0 Å². The molecule has 0 aliphatic carbocycles. The fraction of sp³-hybridized carbons (Fsp3) is 0.727. The van der Waals surface area contributed by atoms with E-state index >= 15 is 0 Å². The van der Waals surface area contributed by atoms with Crippen LogP contribution in [0.2, 0.25) is 0 Å². The summed E-state index contributed by atoms with van der Waals surface area (Å²) in [7, 11) is 0. The van der Waals surface area contributed by atoms with Crippen LogP contribution in [0.5, 0.6) is 0 Å². The number of rotatable bonds is 6. The molecule has 0 aromatic carbocycles. The predicted octanol–water partition coefficient (Wildman–Crippen LogP) is 2.20. The van der Waals surface area contributed by atoms with Crippen molar-refractivity contribution < 1.29 is 29.7 Å². The lowest BCUT2D eigenvalue weighted by molar-refractivity contribution is -0.137. The molecule has 0 aliphatic rings. The molecule has 9 heteroatoms. The SMILES string of the molecule is CC.O=C(O)CCS.O=C(O)CCS.O=C(O)CCS. The average molecular weight is 349 g/mol. The number of carboxylic acid groups (broad SMARTS) is 3. The maximum Gasteiger partial charge on any atom is 0.304 e. The van der Waals surface area contributed by atoms with Gasteiger partial charge in [-0.05, 0) is 0 Å². The first-order chi connectivity index (χ1) is 9.31. The van der Waals surface area contributed by atoms with Gasteiger partial charge in [-0.3, -0.25) is 14.4 Å². The molecule has 0 unspecified atom stereocenters. The summed E-state index contributed by atoms with van der Waals surface area (Å²) in [5.41, 5.74) is 0. The van der Waals surface area contributed by atoms with E-state index < -0.39 is 17.9 Å². The van der Waals surface area contributed by atoms with Gasteiger partial charge in [0, 0.05) is 17.3 Å². The molecule has 0 spiro atoms. The van der Waals surface area contributed by atoms with Gasteiger partial charge in [0.2, 0.25) is 0 Å². The Balaban J connectivity index is -0.0000000902. The van der Waals surface area contributed by atoms with Gasteiger partial charge in [0.1, 0.15) is 0 Å². The van der Waals surface area contributed by atoms with Crippen molar-refractivity contribution in [3.8, 4) is 0 Å².